The third-order valence-electron chi connectivity index (χ3n) is 5.03. The van der Waals surface area contributed by atoms with E-state index in [2.05, 4.69) is 10.1 Å². The molecule has 4 aromatic rings. The van der Waals surface area contributed by atoms with E-state index in [0.29, 0.717) is 11.2 Å². The fourth-order valence-electron chi connectivity index (χ4n) is 3.84. The number of nitriles is 1. The molecule has 162 valence electrons. The smallest absolute Gasteiger partial charge is 0.326 e. The molecule has 0 aliphatic carbocycles. The lowest BCUT2D eigenvalue weighted by molar-refractivity contribution is -0.155. The summed E-state index contributed by atoms with van der Waals surface area (Å²) in [6.07, 6.45) is 3.52. The van der Waals surface area contributed by atoms with Crippen molar-refractivity contribution in [3.05, 3.63) is 53.6 Å². The first-order valence-electron chi connectivity index (χ1n) is 10.2. The number of esters is 1. The number of aryl methyl sites for hydroxylation is 1. The predicted molar refractivity (Wildman–Crippen MR) is 119 cm³/mol. The van der Waals surface area contributed by atoms with E-state index < -0.39 is 5.60 Å². The lowest BCUT2D eigenvalue weighted by Gasteiger charge is -2.20. The van der Waals surface area contributed by atoms with Gasteiger partial charge in [0, 0.05) is 28.9 Å². The second-order valence-electron chi connectivity index (χ2n) is 8.77. The van der Waals surface area contributed by atoms with Gasteiger partial charge in [0.05, 0.1) is 5.52 Å². The third-order valence-corrected chi connectivity index (χ3v) is 5.03. The van der Waals surface area contributed by atoms with Gasteiger partial charge in [0.15, 0.2) is 11.4 Å². The molecule has 0 atom stereocenters. The zero-order valence-electron chi connectivity index (χ0n) is 18.6. The first kappa shape index (κ1) is 21.2. The van der Waals surface area contributed by atoms with Gasteiger partial charge in [-0.15, -0.1) is 5.10 Å². The number of carbonyl (C=O) groups is 2. The highest BCUT2D eigenvalue weighted by molar-refractivity contribution is 6.09. The van der Waals surface area contributed by atoms with Crippen molar-refractivity contribution in [2.45, 2.75) is 46.8 Å². The van der Waals surface area contributed by atoms with E-state index in [0.717, 1.165) is 27.6 Å². The summed E-state index contributed by atoms with van der Waals surface area (Å²) in [7, 11) is 0. The molecule has 32 heavy (non-hydrogen) atoms. The van der Waals surface area contributed by atoms with Gasteiger partial charge in [0.2, 0.25) is 0 Å². The SMILES string of the molecule is CC(=O)c1cn(CC(=O)OC(C)(C)C)c2c(C)cc(-c3ccc4nc(C#N)nn4c3)cc12. The summed E-state index contributed by atoms with van der Waals surface area (Å²) in [5, 5.41) is 14.0. The zero-order valence-corrected chi connectivity index (χ0v) is 18.6. The normalized spacial score (nSPS) is 11.6. The number of nitrogens with zero attached hydrogens (tertiary/aromatic N) is 5. The Morgan fingerprint density at radius 3 is 2.56 bits per heavy atom. The number of Topliss-reactive ketones (excluding diaryl/α,β-unsaturated/α-hetero) is 1. The van der Waals surface area contributed by atoms with Crippen LogP contribution in [0.15, 0.2) is 36.7 Å². The number of benzene rings is 1. The number of hydrogen-bond acceptors (Lipinski definition) is 6. The van der Waals surface area contributed by atoms with Gasteiger partial charge in [-0.2, -0.15) is 10.2 Å². The van der Waals surface area contributed by atoms with Crippen LogP contribution in [0.3, 0.4) is 0 Å². The highest BCUT2D eigenvalue weighted by Crippen LogP contribution is 2.31. The van der Waals surface area contributed by atoms with E-state index in [4.69, 9.17) is 10.00 Å². The van der Waals surface area contributed by atoms with E-state index in [-0.39, 0.29) is 24.1 Å². The number of ketones is 1. The van der Waals surface area contributed by atoms with E-state index in [1.165, 1.54) is 6.92 Å². The molecule has 0 aliphatic rings. The molecular weight excluding hydrogens is 406 g/mol. The molecule has 0 unspecified atom stereocenters. The van der Waals surface area contributed by atoms with Gasteiger partial charge < -0.3 is 9.30 Å². The second kappa shape index (κ2) is 7.61. The number of ether oxygens (including phenoxy) is 1. The fourth-order valence-corrected chi connectivity index (χ4v) is 3.84. The maximum atomic E-state index is 12.4. The van der Waals surface area contributed by atoms with Gasteiger partial charge in [-0.25, -0.2) is 4.52 Å². The molecule has 0 amide bonds. The number of fused-ring (bicyclic) bond motifs is 2. The van der Waals surface area contributed by atoms with Crippen LogP contribution >= 0.6 is 0 Å². The van der Waals surface area contributed by atoms with Crippen LogP contribution in [0, 0.1) is 18.3 Å². The van der Waals surface area contributed by atoms with Crippen LogP contribution in [-0.2, 0) is 16.1 Å². The minimum absolute atomic E-state index is 0.0170. The van der Waals surface area contributed by atoms with E-state index in [1.54, 1.807) is 27.5 Å². The highest BCUT2D eigenvalue weighted by atomic mass is 16.6. The van der Waals surface area contributed by atoms with Gasteiger partial charge >= 0.3 is 5.97 Å². The Hall–Kier alpha value is -3.99. The maximum absolute atomic E-state index is 12.4. The highest BCUT2D eigenvalue weighted by Gasteiger charge is 2.21. The zero-order chi connectivity index (χ0) is 23.2. The Morgan fingerprint density at radius 1 is 1.16 bits per heavy atom. The van der Waals surface area contributed by atoms with Gasteiger partial charge in [0.25, 0.3) is 5.82 Å². The molecule has 0 fully saturated rings. The molecule has 4 rings (SSSR count). The van der Waals surface area contributed by atoms with Crippen molar-refractivity contribution in [3.63, 3.8) is 0 Å². The van der Waals surface area contributed by atoms with Crippen LogP contribution in [-0.4, -0.2) is 36.5 Å². The number of pyridine rings is 1. The van der Waals surface area contributed by atoms with Crippen molar-refractivity contribution < 1.29 is 14.3 Å². The Kier molecular flexibility index (Phi) is 5.05. The van der Waals surface area contributed by atoms with Crippen LogP contribution in [0.4, 0.5) is 0 Å². The first-order valence-corrected chi connectivity index (χ1v) is 10.2. The van der Waals surface area contributed by atoms with Crippen LogP contribution in [0.1, 0.15) is 49.4 Å². The molecule has 8 heteroatoms. The Balaban J connectivity index is 1.82. The lowest BCUT2D eigenvalue weighted by Crippen LogP contribution is -2.26. The van der Waals surface area contributed by atoms with Crippen molar-refractivity contribution in [1.82, 2.24) is 19.2 Å². The molecule has 0 aliphatic heterocycles. The molecule has 3 aromatic heterocycles. The van der Waals surface area contributed by atoms with Crippen LogP contribution in [0.2, 0.25) is 0 Å². The summed E-state index contributed by atoms with van der Waals surface area (Å²) >= 11 is 0. The summed E-state index contributed by atoms with van der Waals surface area (Å²) in [6, 6.07) is 9.57. The molecule has 8 nitrogen and oxygen atoms in total. The maximum Gasteiger partial charge on any atom is 0.326 e. The average Bonchev–Trinajstić information content (AvgIpc) is 3.27. The lowest BCUT2D eigenvalue weighted by atomic mass is 9.99. The van der Waals surface area contributed by atoms with Crippen molar-refractivity contribution in [2.75, 3.05) is 0 Å². The summed E-state index contributed by atoms with van der Waals surface area (Å²) in [5.74, 6) is -0.343. The quantitative estimate of drug-likeness (QED) is 0.358. The summed E-state index contributed by atoms with van der Waals surface area (Å²) in [6.45, 7) is 8.94. The summed E-state index contributed by atoms with van der Waals surface area (Å²) in [4.78, 5) is 28.9. The topological polar surface area (TPSA) is 102 Å². The fraction of sp³-hybridized carbons (Fsp3) is 0.292. The predicted octanol–water partition coefficient (Wildman–Crippen LogP) is 4.08. The molecule has 0 saturated heterocycles. The number of rotatable bonds is 4. The Morgan fingerprint density at radius 2 is 1.91 bits per heavy atom. The van der Waals surface area contributed by atoms with Gasteiger partial charge in [0.1, 0.15) is 18.2 Å². The van der Waals surface area contributed by atoms with Crippen molar-refractivity contribution >= 4 is 28.3 Å². The minimum Gasteiger partial charge on any atom is -0.459 e. The minimum atomic E-state index is -0.586. The Bertz CT molecular complexity index is 1430. The van der Waals surface area contributed by atoms with Gasteiger partial charge in [-0.3, -0.25) is 9.59 Å². The summed E-state index contributed by atoms with van der Waals surface area (Å²) < 4.78 is 8.80. The van der Waals surface area contributed by atoms with E-state index in [9.17, 15) is 9.59 Å². The largest absolute Gasteiger partial charge is 0.459 e. The van der Waals surface area contributed by atoms with Gasteiger partial charge in [-0.1, -0.05) is 0 Å². The number of carbonyl (C=O) groups excluding carboxylic acids is 2. The molecule has 3 heterocycles. The van der Waals surface area contributed by atoms with E-state index >= 15 is 0 Å². The molecule has 0 spiro atoms. The van der Waals surface area contributed by atoms with Gasteiger partial charge in [-0.05, 0) is 70.0 Å². The van der Waals surface area contributed by atoms with E-state index in [1.807, 2.05) is 52.0 Å². The van der Waals surface area contributed by atoms with Crippen molar-refractivity contribution in [3.8, 4) is 17.2 Å². The monoisotopic (exact) mass is 429 g/mol. The molecule has 0 radical (unpaired) electrons. The standard InChI is InChI=1S/C24H23N5O3/c1-14-8-17(16-6-7-21-26-20(10-25)27-29(21)11-16)9-18-19(15(2)30)12-28(23(14)18)13-22(31)32-24(3,4)5/h6-9,11-12H,13H2,1-5H3. The second-order valence-corrected chi connectivity index (χ2v) is 8.77. The summed E-state index contributed by atoms with van der Waals surface area (Å²) in [5.41, 5.74) is 4.04. The van der Waals surface area contributed by atoms with Crippen LogP contribution in [0.25, 0.3) is 27.7 Å². The van der Waals surface area contributed by atoms with Crippen molar-refractivity contribution in [2.24, 2.45) is 0 Å². The average molecular weight is 429 g/mol. The van der Waals surface area contributed by atoms with Crippen LogP contribution in [0.5, 0.6) is 0 Å². The molecule has 0 bridgehead atoms. The molecule has 0 saturated carbocycles. The Labute approximate surface area is 185 Å². The number of hydrogen-bond donors (Lipinski definition) is 0. The van der Waals surface area contributed by atoms with Crippen molar-refractivity contribution in [1.29, 1.82) is 5.26 Å². The molecular formula is C24H23N5O3. The number of aromatic nitrogens is 4. The first-order chi connectivity index (χ1) is 15.1. The third kappa shape index (κ3) is 3.97. The van der Waals surface area contributed by atoms with Crippen LogP contribution < -0.4 is 0 Å². The molecule has 0 N–H and O–H groups in total. The molecule has 1 aromatic carbocycles.